The van der Waals surface area contributed by atoms with E-state index in [4.69, 9.17) is 23.8 Å². The van der Waals surface area contributed by atoms with Gasteiger partial charge >= 0.3 is 6.18 Å². The van der Waals surface area contributed by atoms with Crippen molar-refractivity contribution in [2.45, 2.75) is 12.7 Å². The molecule has 0 saturated heterocycles. The zero-order chi connectivity index (χ0) is 23.3. The normalized spacial score (nSPS) is 12.0. The monoisotopic (exact) mass is 502 g/mol. The predicted octanol–water partition coefficient (Wildman–Crippen LogP) is 7.43. The average molecular weight is 503 g/mol. The van der Waals surface area contributed by atoms with Gasteiger partial charge in [-0.15, -0.1) is 11.3 Å². The fourth-order valence-corrected chi connectivity index (χ4v) is 5.54. The fraction of sp³-hybridized carbons (Fsp3) is 0.0833. The third kappa shape index (κ3) is 3.88. The lowest BCUT2D eigenvalue weighted by Gasteiger charge is -2.14. The minimum absolute atomic E-state index is 0.186. The Morgan fingerprint density at radius 1 is 0.970 bits per heavy atom. The highest BCUT2D eigenvalue weighted by atomic mass is 35.5. The minimum Gasteiger partial charge on any atom is -0.288 e. The number of fused-ring (bicyclic) bond motifs is 3. The van der Waals surface area contributed by atoms with E-state index in [2.05, 4.69) is 0 Å². The average Bonchev–Trinajstić information content (AvgIpc) is 3.13. The van der Waals surface area contributed by atoms with Crippen molar-refractivity contribution in [2.24, 2.45) is 0 Å². The third-order valence-corrected chi connectivity index (χ3v) is 6.99. The lowest BCUT2D eigenvalue weighted by Crippen LogP contribution is -2.23. The SMILES string of the molecule is O=c1c2ccccc2n2c(=S)sc(-c3cccc(C(F)(F)F)c3)c2n1Cc1cccc(Cl)c1. The van der Waals surface area contributed by atoms with Gasteiger partial charge in [0.2, 0.25) is 0 Å². The van der Waals surface area contributed by atoms with E-state index in [-0.39, 0.29) is 12.1 Å². The lowest BCUT2D eigenvalue weighted by molar-refractivity contribution is -0.137. The molecule has 0 bridgehead atoms. The second kappa shape index (κ2) is 8.13. The van der Waals surface area contributed by atoms with Crippen LogP contribution in [0, 0.1) is 3.95 Å². The van der Waals surface area contributed by atoms with E-state index in [1.807, 2.05) is 6.07 Å². The van der Waals surface area contributed by atoms with Crippen LogP contribution in [0.15, 0.2) is 77.6 Å². The van der Waals surface area contributed by atoms with Gasteiger partial charge in [0, 0.05) is 5.02 Å². The largest absolute Gasteiger partial charge is 0.416 e. The van der Waals surface area contributed by atoms with Crippen LogP contribution in [0.4, 0.5) is 13.2 Å². The molecule has 0 amide bonds. The van der Waals surface area contributed by atoms with Crippen LogP contribution in [-0.4, -0.2) is 8.97 Å². The molecule has 2 aromatic heterocycles. The smallest absolute Gasteiger partial charge is 0.288 e. The summed E-state index contributed by atoms with van der Waals surface area (Å²) in [6.45, 7) is 0.186. The molecule has 0 saturated carbocycles. The summed E-state index contributed by atoms with van der Waals surface area (Å²) < 4.78 is 43.9. The van der Waals surface area contributed by atoms with Crippen LogP contribution in [-0.2, 0) is 12.7 Å². The number of para-hydroxylation sites is 1. The van der Waals surface area contributed by atoms with Crippen LogP contribution in [0.25, 0.3) is 27.0 Å². The molecule has 166 valence electrons. The number of rotatable bonds is 3. The Kier molecular flexibility index (Phi) is 5.39. The van der Waals surface area contributed by atoms with Crippen molar-refractivity contribution in [3.05, 3.63) is 103 Å². The molecule has 0 aliphatic rings. The molecule has 5 rings (SSSR count). The molecule has 0 aliphatic heterocycles. The highest BCUT2D eigenvalue weighted by molar-refractivity contribution is 7.73. The maximum atomic E-state index is 13.6. The Morgan fingerprint density at radius 3 is 2.48 bits per heavy atom. The van der Waals surface area contributed by atoms with Gasteiger partial charge in [-0.3, -0.25) is 13.8 Å². The van der Waals surface area contributed by atoms with Crippen molar-refractivity contribution < 1.29 is 13.2 Å². The van der Waals surface area contributed by atoms with Crippen molar-refractivity contribution >= 4 is 51.7 Å². The summed E-state index contributed by atoms with van der Waals surface area (Å²) in [5.74, 6) is 0. The molecule has 0 atom stereocenters. The summed E-state index contributed by atoms with van der Waals surface area (Å²) in [5.41, 5.74) is 1.17. The topological polar surface area (TPSA) is 26.4 Å². The quantitative estimate of drug-likeness (QED) is 0.240. The first-order chi connectivity index (χ1) is 15.7. The zero-order valence-electron chi connectivity index (χ0n) is 16.8. The molecule has 0 fully saturated rings. The van der Waals surface area contributed by atoms with Gasteiger partial charge in [0.15, 0.2) is 3.95 Å². The van der Waals surface area contributed by atoms with E-state index in [0.717, 1.165) is 17.7 Å². The van der Waals surface area contributed by atoms with E-state index in [0.29, 0.717) is 36.0 Å². The van der Waals surface area contributed by atoms with Gasteiger partial charge in [-0.1, -0.05) is 48.0 Å². The van der Waals surface area contributed by atoms with E-state index < -0.39 is 11.7 Å². The number of alkyl halides is 3. The first kappa shape index (κ1) is 21.9. The summed E-state index contributed by atoms with van der Waals surface area (Å²) in [4.78, 5) is 14.1. The van der Waals surface area contributed by atoms with Crippen LogP contribution >= 0.6 is 35.2 Å². The van der Waals surface area contributed by atoms with Crippen LogP contribution in [0.2, 0.25) is 5.02 Å². The van der Waals surface area contributed by atoms with E-state index in [9.17, 15) is 18.0 Å². The van der Waals surface area contributed by atoms with Crippen molar-refractivity contribution in [3.63, 3.8) is 0 Å². The van der Waals surface area contributed by atoms with Crippen molar-refractivity contribution in [3.8, 4) is 10.4 Å². The maximum Gasteiger partial charge on any atom is 0.416 e. The predicted molar refractivity (Wildman–Crippen MR) is 129 cm³/mol. The number of benzene rings is 3. The minimum atomic E-state index is -4.49. The number of thiazole rings is 1. The number of aromatic nitrogens is 2. The van der Waals surface area contributed by atoms with Crippen LogP contribution in [0.5, 0.6) is 0 Å². The molecule has 2 heterocycles. The summed E-state index contributed by atoms with van der Waals surface area (Å²) in [5, 5.41) is 0.995. The Morgan fingerprint density at radius 2 is 1.73 bits per heavy atom. The zero-order valence-corrected chi connectivity index (χ0v) is 19.2. The third-order valence-electron chi connectivity index (χ3n) is 5.34. The molecular weight excluding hydrogens is 489 g/mol. The highest BCUT2D eigenvalue weighted by Crippen LogP contribution is 2.37. The Labute approximate surface area is 199 Å². The van der Waals surface area contributed by atoms with Crippen molar-refractivity contribution in [1.29, 1.82) is 0 Å². The van der Waals surface area contributed by atoms with Gasteiger partial charge in [-0.25, -0.2) is 0 Å². The molecule has 33 heavy (non-hydrogen) atoms. The molecular formula is C24H14ClF3N2OS2. The summed E-state index contributed by atoms with van der Waals surface area (Å²) in [6, 6.07) is 19.2. The lowest BCUT2D eigenvalue weighted by atomic mass is 10.1. The van der Waals surface area contributed by atoms with Gasteiger partial charge in [0.25, 0.3) is 5.56 Å². The first-order valence-corrected chi connectivity index (χ1v) is 11.4. The van der Waals surface area contributed by atoms with E-state index >= 15 is 0 Å². The molecule has 0 aliphatic carbocycles. The summed E-state index contributed by atoms with van der Waals surface area (Å²) in [7, 11) is 0. The standard InChI is InChI=1S/C24H14ClF3N2OS2/c25-17-8-3-5-14(11-17)13-29-21-20(15-6-4-7-16(12-15)24(26,27)28)33-23(32)30(21)19-10-2-1-9-18(19)22(29)31/h1-12H,13H2. The van der Waals surface area contributed by atoms with Crippen LogP contribution in [0.1, 0.15) is 11.1 Å². The Bertz CT molecular complexity index is 1650. The molecule has 0 spiro atoms. The number of halogens is 4. The van der Waals surface area contributed by atoms with Crippen LogP contribution in [0.3, 0.4) is 0 Å². The molecule has 3 nitrogen and oxygen atoms in total. The first-order valence-electron chi connectivity index (χ1n) is 9.83. The second-order valence-electron chi connectivity index (χ2n) is 7.47. The maximum absolute atomic E-state index is 13.6. The molecule has 0 N–H and O–H groups in total. The Hall–Kier alpha value is -2.94. The van der Waals surface area contributed by atoms with E-state index in [1.165, 1.54) is 17.4 Å². The highest BCUT2D eigenvalue weighted by Gasteiger charge is 2.31. The van der Waals surface area contributed by atoms with Crippen molar-refractivity contribution in [2.75, 3.05) is 0 Å². The number of hydrogen-bond donors (Lipinski definition) is 0. The van der Waals surface area contributed by atoms with Gasteiger partial charge in [0.1, 0.15) is 5.65 Å². The number of hydrogen-bond acceptors (Lipinski definition) is 3. The summed E-state index contributed by atoms with van der Waals surface area (Å²) >= 11 is 12.9. The number of nitrogens with zero attached hydrogens (tertiary/aromatic N) is 2. The van der Waals surface area contributed by atoms with Crippen LogP contribution < -0.4 is 5.56 Å². The molecule has 0 radical (unpaired) electrons. The molecule has 3 aromatic carbocycles. The Balaban J connectivity index is 1.88. The summed E-state index contributed by atoms with van der Waals surface area (Å²) in [6.07, 6.45) is -4.49. The van der Waals surface area contributed by atoms with Gasteiger partial charge in [-0.2, -0.15) is 13.2 Å². The molecule has 9 heteroatoms. The van der Waals surface area contributed by atoms with E-state index in [1.54, 1.807) is 57.5 Å². The van der Waals surface area contributed by atoms with Gasteiger partial charge < -0.3 is 0 Å². The van der Waals surface area contributed by atoms with Crippen molar-refractivity contribution in [1.82, 2.24) is 8.97 Å². The van der Waals surface area contributed by atoms with Gasteiger partial charge in [0.05, 0.1) is 27.9 Å². The fourth-order valence-electron chi connectivity index (χ4n) is 3.90. The molecule has 5 aromatic rings. The second-order valence-corrected chi connectivity index (χ2v) is 9.55. The van der Waals surface area contributed by atoms with Gasteiger partial charge in [-0.05, 0) is 59.7 Å². The molecule has 0 unspecified atom stereocenters.